The number of fused-ring (bicyclic) bond motifs is 1. The summed E-state index contributed by atoms with van der Waals surface area (Å²) in [7, 11) is -3.07. The minimum absolute atomic E-state index is 0.000584. The van der Waals surface area contributed by atoms with E-state index < -0.39 is 34.4 Å². The van der Waals surface area contributed by atoms with Crippen LogP contribution in [0.4, 0.5) is 0 Å². The first-order chi connectivity index (χ1) is 12.2. The summed E-state index contributed by atoms with van der Waals surface area (Å²) in [6, 6.07) is 3.46. The highest BCUT2D eigenvalue weighted by atomic mass is 32.2. The van der Waals surface area contributed by atoms with Gasteiger partial charge in [0.25, 0.3) is 5.91 Å². The number of furan rings is 1. The van der Waals surface area contributed by atoms with Crippen molar-refractivity contribution in [3.05, 3.63) is 35.1 Å². The van der Waals surface area contributed by atoms with Crippen molar-refractivity contribution in [3.63, 3.8) is 0 Å². The number of aryl methyl sites for hydroxylation is 2. The third-order valence-electron chi connectivity index (χ3n) is 4.64. The van der Waals surface area contributed by atoms with Crippen LogP contribution in [0.1, 0.15) is 23.1 Å². The van der Waals surface area contributed by atoms with Crippen molar-refractivity contribution in [3.8, 4) is 0 Å². The lowest BCUT2D eigenvalue weighted by Crippen LogP contribution is -2.38. The molecule has 1 N–H and O–H groups in total. The third kappa shape index (κ3) is 4.07. The summed E-state index contributed by atoms with van der Waals surface area (Å²) in [4.78, 5) is 23.8. The fraction of sp³-hybridized carbons (Fsp3) is 0.444. The average Bonchev–Trinajstić information content (AvgIpc) is 3.12. The Hall–Kier alpha value is -2.35. The number of carbonyl (C=O) groups is 2. The predicted octanol–water partition coefficient (Wildman–Crippen LogP) is 1.44. The quantitative estimate of drug-likeness (QED) is 0.789. The van der Waals surface area contributed by atoms with Crippen LogP contribution in [0.15, 0.2) is 22.8 Å². The fourth-order valence-corrected chi connectivity index (χ4v) is 4.73. The van der Waals surface area contributed by atoms with Crippen LogP contribution in [-0.4, -0.2) is 44.4 Å². The number of amides is 1. The number of hydrogen-bond donors (Lipinski definition) is 1. The van der Waals surface area contributed by atoms with Gasteiger partial charge in [-0.2, -0.15) is 0 Å². The molecule has 1 atom stereocenters. The lowest BCUT2D eigenvalue weighted by molar-refractivity contribution is -0.148. The Balaban J connectivity index is 1.53. The van der Waals surface area contributed by atoms with E-state index in [1.54, 1.807) is 0 Å². The number of esters is 1. The van der Waals surface area contributed by atoms with E-state index in [1.807, 2.05) is 26.0 Å². The van der Waals surface area contributed by atoms with Gasteiger partial charge >= 0.3 is 5.97 Å². The van der Waals surface area contributed by atoms with E-state index >= 15 is 0 Å². The van der Waals surface area contributed by atoms with E-state index in [0.717, 1.165) is 22.1 Å². The molecule has 2 heterocycles. The number of benzene rings is 1. The van der Waals surface area contributed by atoms with Gasteiger partial charge in [0.15, 0.2) is 16.4 Å². The summed E-state index contributed by atoms with van der Waals surface area (Å²) in [5.41, 5.74) is 3.57. The highest BCUT2D eigenvalue weighted by Crippen LogP contribution is 2.26. The van der Waals surface area contributed by atoms with Crippen LogP contribution < -0.4 is 5.32 Å². The molecule has 1 aromatic carbocycles. The molecule has 0 unspecified atom stereocenters. The lowest BCUT2D eigenvalue weighted by Gasteiger charge is -2.10. The number of sulfone groups is 1. The highest BCUT2D eigenvalue weighted by Gasteiger charge is 2.29. The second kappa shape index (κ2) is 7.11. The van der Waals surface area contributed by atoms with Crippen molar-refractivity contribution < 1.29 is 27.2 Å². The van der Waals surface area contributed by atoms with Gasteiger partial charge in [0, 0.05) is 17.0 Å². The Morgan fingerprint density at radius 3 is 2.77 bits per heavy atom. The smallest absolute Gasteiger partial charge is 0.310 e. The maximum Gasteiger partial charge on any atom is 0.310 e. The molecule has 0 saturated carbocycles. The van der Waals surface area contributed by atoms with Crippen LogP contribution >= 0.6 is 0 Å². The largest absolute Gasteiger partial charge is 0.464 e. The molecule has 3 rings (SSSR count). The van der Waals surface area contributed by atoms with Gasteiger partial charge in [-0.05, 0) is 31.4 Å². The van der Waals surface area contributed by atoms with Crippen LogP contribution in [0.5, 0.6) is 0 Å². The Labute approximate surface area is 151 Å². The molecule has 0 spiro atoms. The zero-order valence-corrected chi connectivity index (χ0v) is 15.5. The number of ether oxygens (including phenoxy) is 1. The molecule has 8 heteroatoms. The topological polar surface area (TPSA) is 103 Å². The molecule has 1 aromatic heterocycles. The maximum absolute atomic E-state index is 12.0. The molecule has 1 aliphatic heterocycles. The normalized spacial score (nSPS) is 18.8. The van der Waals surface area contributed by atoms with Crippen LogP contribution in [0.25, 0.3) is 11.0 Å². The lowest BCUT2D eigenvalue weighted by atomic mass is 10.0. The van der Waals surface area contributed by atoms with Gasteiger partial charge in [-0.3, -0.25) is 9.59 Å². The van der Waals surface area contributed by atoms with Crippen molar-refractivity contribution in [1.82, 2.24) is 5.32 Å². The highest BCUT2D eigenvalue weighted by molar-refractivity contribution is 7.91. The van der Waals surface area contributed by atoms with E-state index in [0.29, 0.717) is 12.0 Å². The molecule has 2 aromatic rings. The monoisotopic (exact) mass is 379 g/mol. The first kappa shape index (κ1) is 18.4. The summed E-state index contributed by atoms with van der Waals surface area (Å²) in [6.07, 6.45) is 1.92. The van der Waals surface area contributed by atoms with E-state index in [4.69, 9.17) is 9.15 Å². The second-order valence-corrected chi connectivity index (χ2v) is 8.88. The molecule has 7 nitrogen and oxygen atoms in total. The molecular weight excluding hydrogens is 358 g/mol. The average molecular weight is 379 g/mol. The molecule has 1 fully saturated rings. The maximum atomic E-state index is 12.0. The SMILES string of the molecule is Cc1ccc2c(CC(=O)OCC(=O)N[C@H]3CCS(=O)(=O)C3)coc2c1C. The summed E-state index contributed by atoms with van der Waals surface area (Å²) < 4.78 is 33.3. The van der Waals surface area contributed by atoms with Gasteiger partial charge in [0.05, 0.1) is 24.2 Å². The van der Waals surface area contributed by atoms with Crippen LogP contribution in [0.3, 0.4) is 0 Å². The number of nitrogens with one attached hydrogen (secondary N) is 1. The van der Waals surface area contributed by atoms with Crippen LogP contribution in [0, 0.1) is 13.8 Å². The Morgan fingerprint density at radius 2 is 2.08 bits per heavy atom. The third-order valence-corrected chi connectivity index (χ3v) is 6.41. The Kier molecular flexibility index (Phi) is 5.04. The predicted molar refractivity (Wildman–Crippen MR) is 95.6 cm³/mol. The Bertz CT molecular complexity index is 959. The zero-order valence-electron chi connectivity index (χ0n) is 14.7. The van der Waals surface area contributed by atoms with Gasteiger partial charge in [-0.1, -0.05) is 12.1 Å². The minimum Gasteiger partial charge on any atom is -0.464 e. The summed E-state index contributed by atoms with van der Waals surface area (Å²) in [5, 5.41) is 3.43. The first-order valence-electron chi connectivity index (χ1n) is 8.37. The molecule has 0 bridgehead atoms. The van der Waals surface area contributed by atoms with Gasteiger partial charge < -0.3 is 14.5 Å². The molecule has 0 radical (unpaired) electrons. The summed E-state index contributed by atoms with van der Waals surface area (Å²) >= 11 is 0. The number of rotatable bonds is 5. The van der Waals surface area contributed by atoms with Crippen LogP contribution in [-0.2, 0) is 30.6 Å². The van der Waals surface area contributed by atoms with Gasteiger partial charge in [0.1, 0.15) is 5.58 Å². The van der Waals surface area contributed by atoms with Crippen molar-refractivity contribution >= 4 is 32.7 Å². The fourth-order valence-electron chi connectivity index (χ4n) is 3.06. The van der Waals surface area contributed by atoms with Crippen molar-refractivity contribution in [2.24, 2.45) is 0 Å². The Morgan fingerprint density at radius 1 is 1.31 bits per heavy atom. The van der Waals surface area contributed by atoms with Crippen molar-refractivity contribution in [1.29, 1.82) is 0 Å². The molecule has 0 aliphatic carbocycles. The van der Waals surface area contributed by atoms with Gasteiger partial charge in [-0.15, -0.1) is 0 Å². The minimum atomic E-state index is -3.07. The zero-order chi connectivity index (χ0) is 18.9. The number of hydrogen-bond acceptors (Lipinski definition) is 6. The summed E-state index contributed by atoms with van der Waals surface area (Å²) in [5.74, 6) is -1.03. The number of carbonyl (C=O) groups excluding carboxylic acids is 2. The van der Waals surface area contributed by atoms with E-state index in [9.17, 15) is 18.0 Å². The van der Waals surface area contributed by atoms with E-state index in [-0.39, 0.29) is 17.9 Å². The van der Waals surface area contributed by atoms with Crippen LogP contribution in [0.2, 0.25) is 0 Å². The van der Waals surface area contributed by atoms with E-state index in [2.05, 4.69) is 5.32 Å². The first-order valence-corrected chi connectivity index (χ1v) is 10.2. The van der Waals surface area contributed by atoms with Gasteiger partial charge in [-0.25, -0.2) is 8.42 Å². The van der Waals surface area contributed by atoms with Crippen molar-refractivity contribution in [2.45, 2.75) is 32.7 Å². The summed E-state index contributed by atoms with van der Waals surface area (Å²) in [6.45, 7) is 3.51. The molecule has 1 amide bonds. The van der Waals surface area contributed by atoms with E-state index in [1.165, 1.54) is 6.26 Å². The molecule has 1 saturated heterocycles. The molecule has 140 valence electrons. The second-order valence-electron chi connectivity index (χ2n) is 6.65. The van der Waals surface area contributed by atoms with Gasteiger partial charge in [0.2, 0.25) is 0 Å². The molecular formula is C18H21NO6S. The molecule has 26 heavy (non-hydrogen) atoms. The molecule has 1 aliphatic rings. The standard InChI is InChI=1S/C18H21NO6S/c1-11-3-4-15-13(8-25-18(15)12(11)2)7-17(21)24-9-16(20)19-14-5-6-26(22,23)10-14/h3-4,8,14H,5-7,9-10H2,1-2H3,(H,19,20)/t14-/m0/s1. The van der Waals surface area contributed by atoms with Crippen molar-refractivity contribution in [2.75, 3.05) is 18.1 Å².